The van der Waals surface area contributed by atoms with Crippen molar-refractivity contribution in [2.24, 2.45) is 4.99 Å². The quantitative estimate of drug-likeness (QED) is 0.780. The van der Waals surface area contributed by atoms with Crippen molar-refractivity contribution in [1.82, 2.24) is 25.5 Å². The van der Waals surface area contributed by atoms with E-state index in [1.165, 1.54) is 0 Å². The highest BCUT2D eigenvalue weighted by molar-refractivity contribution is 5.93. The Balaban J connectivity index is 1.78. The second kappa shape index (κ2) is 4.09. The molecule has 1 aromatic heterocycles. The largest absolute Gasteiger partial charge is 0.327 e. The van der Waals surface area contributed by atoms with Crippen LogP contribution >= 0.6 is 0 Å². The van der Waals surface area contributed by atoms with E-state index >= 15 is 0 Å². The third-order valence-electron chi connectivity index (χ3n) is 3.34. The maximum Gasteiger partial charge on any atom is 0.258 e. The Morgan fingerprint density at radius 1 is 1.10 bits per heavy atom. The summed E-state index contributed by atoms with van der Waals surface area (Å²) in [6.45, 7) is 0.934. The summed E-state index contributed by atoms with van der Waals surface area (Å²) in [5.41, 5.74) is 7.36. The molecule has 100 valence electrons. The summed E-state index contributed by atoms with van der Waals surface area (Å²) in [6, 6.07) is 9.85. The Kier molecular flexibility index (Phi) is 2.26. The maximum absolute atomic E-state index is 11.4. The number of fused-ring (bicyclic) bond motifs is 2. The molecule has 0 atom stereocenters. The van der Waals surface area contributed by atoms with Gasteiger partial charge < -0.3 is 4.90 Å². The molecule has 1 saturated heterocycles. The number of guanidine groups is 1. The van der Waals surface area contributed by atoms with Gasteiger partial charge in [-0.3, -0.25) is 15.6 Å². The minimum absolute atomic E-state index is 0.0668. The molecule has 2 aliphatic heterocycles. The molecule has 0 spiro atoms. The average Bonchev–Trinajstić information content (AvgIpc) is 2.88. The third-order valence-corrected chi connectivity index (χ3v) is 3.34. The summed E-state index contributed by atoms with van der Waals surface area (Å²) in [5.74, 6) is 1.38. The summed E-state index contributed by atoms with van der Waals surface area (Å²) < 4.78 is 1.80. The smallest absolute Gasteiger partial charge is 0.258 e. The molecule has 0 radical (unpaired) electrons. The summed E-state index contributed by atoms with van der Waals surface area (Å²) in [4.78, 5) is 17.8. The van der Waals surface area contributed by atoms with E-state index in [2.05, 4.69) is 20.9 Å². The molecule has 1 aromatic carbocycles. The number of nitrogens with zero attached hydrogens (tertiary/aromatic N) is 4. The molecule has 0 saturated carbocycles. The lowest BCUT2D eigenvalue weighted by Crippen LogP contribution is -2.59. The first kappa shape index (κ1) is 11.0. The molecular formula is C13H12N6O. The Labute approximate surface area is 114 Å². The van der Waals surface area contributed by atoms with E-state index in [1.54, 1.807) is 10.9 Å². The summed E-state index contributed by atoms with van der Waals surface area (Å²) in [6.07, 6.45) is 1.80. The van der Waals surface area contributed by atoms with Gasteiger partial charge in [0.25, 0.3) is 5.91 Å². The molecule has 4 rings (SSSR count). The number of hydrazine groups is 1. The number of aromatic nitrogens is 2. The van der Waals surface area contributed by atoms with Crippen molar-refractivity contribution in [2.75, 3.05) is 6.54 Å². The van der Waals surface area contributed by atoms with Crippen molar-refractivity contribution in [3.05, 3.63) is 42.1 Å². The van der Waals surface area contributed by atoms with Gasteiger partial charge in [0.05, 0.1) is 18.4 Å². The molecule has 20 heavy (non-hydrogen) atoms. The predicted octanol–water partition coefficient (Wildman–Crippen LogP) is 0.310. The fourth-order valence-corrected chi connectivity index (χ4v) is 2.39. The van der Waals surface area contributed by atoms with Gasteiger partial charge in [-0.15, -0.1) is 0 Å². The van der Waals surface area contributed by atoms with Crippen LogP contribution in [0.25, 0.3) is 5.69 Å². The average molecular weight is 268 g/mol. The number of aliphatic imine (C=N–C) groups is 1. The summed E-state index contributed by atoms with van der Waals surface area (Å²) >= 11 is 0. The SMILES string of the molecule is O=C1CN2Cc3cnn(-c4ccccc4)c3N=C2NN1. The van der Waals surface area contributed by atoms with Gasteiger partial charge >= 0.3 is 0 Å². The molecule has 0 bridgehead atoms. The molecule has 7 heteroatoms. The zero-order valence-electron chi connectivity index (χ0n) is 10.6. The van der Waals surface area contributed by atoms with Crippen LogP contribution in [0.3, 0.4) is 0 Å². The highest BCUT2D eigenvalue weighted by atomic mass is 16.2. The van der Waals surface area contributed by atoms with Crippen LogP contribution in [0, 0.1) is 0 Å². The van der Waals surface area contributed by atoms with E-state index in [1.807, 2.05) is 35.2 Å². The van der Waals surface area contributed by atoms with Crippen LogP contribution in [-0.2, 0) is 11.3 Å². The topological polar surface area (TPSA) is 74.5 Å². The van der Waals surface area contributed by atoms with E-state index in [4.69, 9.17) is 0 Å². The monoisotopic (exact) mass is 268 g/mol. The molecule has 3 heterocycles. The number of benzene rings is 1. The van der Waals surface area contributed by atoms with Crippen LogP contribution in [0.15, 0.2) is 41.5 Å². The Bertz CT molecular complexity index is 705. The second-order valence-electron chi connectivity index (χ2n) is 4.71. The van der Waals surface area contributed by atoms with Crippen LogP contribution in [-0.4, -0.2) is 33.1 Å². The normalized spacial score (nSPS) is 16.7. The number of carbonyl (C=O) groups excluding carboxylic acids is 1. The van der Waals surface area contributed by atoms with Crippen LogP contribution < -0.4 is 10.9 Å². The van der Waals surface area contributed by atoms with E-state index in [-0.39, 0.29) is 5.91 Å². The molecule has 2 aliphatic rings. The zero-order valence-corrected chi connectivity index (χ0v) is 10.6. The van der Waals surface area contributed by atoms with Crippen molar-refractivity contribution in [3.8, 4) is 5.69 Å². The number of nitrogens with one attached hydrogen (secondary N) is 2. The summed E-state index contributed by atoms with van der Waals surface area (Å²) in [7, 11) is 0. The van der Waals surface area contributed by atoms with Gasteiger partial charge in [-0.1, -0.05) is 18.2 Å². The highest BCUT2D eigenvalue weighted by Gasteiger charge is 2.28. The standard InChI is InChI=1S/C13H12N6O/c20-11-8-18-7-9-6-14-19(10-4-2-1-3-5-10)12(9)15-13(18)17-16-11/h1-6H,7-8H2,(H,15,17)(H,16,20). The fourth-order valence-electron chi connectivity index (χ4n) is 2.39. The molecule has 1 amide bonds. The van der Waals surface area contributed by atoms with Crippen molar-refractivity contribution in [1.29, 1.82) is 0 Å². The first-order valence-electron chi connectivity index (χ1n) is 6.32. The van der Waals surface area contributed by atoms with E-state index in [9.17, 15) is 4.79 Å². The summed E-state index contributed by atoms with van der Waals surface area (Å²) in [5, 5.41) is 4.39. The van der Waals surface area contributed by atoms with Gasteiger partial charge in [0.15, 0.2) is 5.82 Å². The lowest BCUT2D eigenvalue weighted by Gasteiger charge is -2.32. The Morgan fingerprint density at radius 3 is 2.80 bits per heavy atom. The predicted molar refractivity (Wildman–Crippen MR) is 72.3 cm³/mol. The number of amides is 1. The highest BCUT2D eigenvalue weighted by Crippen LogP contribution is 2.28. The number of carbonyl (C=O) groups is 1. The molecule has 0 unspecified atom stereocenters. The minimum atomic E-state index is -0.0668. The third kappa shape index (κ3) is 1.63. The Morgan fingerprint density at radius 2 is 1.95 bits per heavy atom. The number of rotatable bonds is 1. The molecule has 7 nitrogen and oxygen atoms in total. The van der Waals surface area contributed by atoms with E-state index < -0.39 is 0 Å². The molecule has 2 aromatic rings. The van der Waals surface area contributed by atoms with Gasteiger partial charge in [0.2, 0.25) is 5.96 Å². The number of hydrogen-bond donors (Lipinski definition) is 2. The maximum atomic E-state index is 11.4. The first-order valence-corrected chi connectivity index (χ1v) is 6.32. The lowest BCUT2D eigenvalue weighted by atomic mass is 10.2. The minimum Gasteiger partial charge on any atom is -0.327 e. The van der Waals surface area contributed by atoms with Gasteiger partial charge in [0, 0.05) is 5.56 Å². The van der Waals surface area contributed by atoms with Gasteiger partial charge in [0.1, 0.15) is 6.54 Å². The lowest BCUT2D eigenvalue weighted by molar-refractivity contribution is -0.123. The van der Waals surface area contributed by atoms with Crippen molar-refractivity contribution < 1.29 is 4.79 Å². The van der Waals surface area contributed by atoms with Gasteiger partial charge in [-0.05, 0) is 12.1 Å². The second-order valence-corrected chi connectivity index (χ2v) is 4.71. The number of hydrogen-bond acceptors (Lipinski definition) is 5. The fraction of sp³-hybridized carbons (Fsp3) is 0.154. The molecule has 0 aliphatic carbocycles. The van der Waals surface area contributed by atoms with E-state index in [0.717, 1.165) is 17.1 Å². The van der Waals surface area contributed by atoms with Gasteiger partial charge in [-0.2, -0.15) is 10.1 Å². The van der Waals surface area contributed by atoms with E-state index in [0.29, 0.717) is 19.0 Å². The van der Waals surface area contributed by atoms with Crippen LogP contribution in [0.4, 0.5) is 5.82 Å². The van der Waals surface area contributed by atoms with Crippen LogP contribution in [0.1, 0.15) is 5.56 Å². The zero-order chi connectivity index (χ0) is 13.5. The number of para-hydroxylation sites is 1. The van der Waals surface area contributed by atoms with Crippen molar-refractivity contribution in [2.45, 2.75) is 6.54 Å². The molecule has 2 N–H and O–H groups in total. The van der Waals surface area contributed by atoms with Gasteiger partial charge in [-0.25, -0.2) is 4.68 Å². The van der Waals surface area contributed by atoms with Crippen LogP contribution in [0.2, 0.25) is 0 Å². The van der Waals surface area contributed by atoms with Crippen molar-refractivity contribution >= 4 is 17.7 Å². The Hall–Kier alpha value is -2.83. The first-order chi connectivity index (χ1) is 9.81. The molecule has 1 fully saturated rings. The molecular weight excluding hydrogens is 256 g/mol. The van der Waals surface area contributed by atoms with Crippen molar-refractivity contribution in [3.63, 3.8) is 0 Å². The van der Waals surface area contributed by atoms with Crippen LogP contribution in [0.5, 0.6) is 0 Å².